The monoisotopic (exact) mass is 611 g/mol. The Labute approximate surface area is 262 Å². The molecule has 0 spiro atoms. The Morgan fingerprint density at radius 1 is 0.867 bits per heavy atom. The quantitative estimate of drug-likeness (QED) is 0.191. The highest BCUT2D eigenvalue weighted by Gasteiger charge is 2.33. The van der Waals surface area contributed by atoms with Crippen LogP contribution in [0, 0.1) is 5.82 Å². The van der Waals surface area contributed by atoms with Crippen LogP contribution in [0.1, 0.15) is 29.0 Å². The van der Waals surface area contributed by atoms with Crippen molar-refractivity contribution in [2.45, 2.75) is 37.0 Å². The van der Waals surface area contributed by atoms with Crippen LogP contribution in [0.2, 0.25) is 0 Å². The predicted molar refractivity (Wildman–Crippen MR) is 171 cm³/mol. The fraction of sp³-hybridized carbons (Fsp3) is 0.278. The molecule has 2 amide bonds. The van der Waals surface area contributed by atoms with Gasteiger partial charge in [0.1, 0.15) is 30.3 Å². The molecule has 9 heteroatoms. The van der Waals surface area contributed by atoms with E-state index in [-0.39, 0.29) is 23.9 Å². The van der Waals surface area contributed by atoms with E-state index < -0.39 is 18.1 Å². The van der Waals surface area contributed by atoms with Crippen LogP contribution in [0.4, 0.5) is 14.9 Å². The standard InChI is InChI=1S/C36H38FN3O5/c1-43-36(42)40-34(33(26-11-4-2-5-12-26)27-13-6-3-7-14-27)35(41)39-32-15-9-8-10-25(32)16-19-30-22-38-23-31(45-30)24-44-29-20-17-28(37)18-21-29/h2-15,17-18,20-21,30-31,33-34,38H,16,19,22-24H2,1H3,(H,39,41)(H,40,42)/t30-,31+,34?/m1/s1. The number of hydrogen-bond donors (Lipinski definition) is 3. The van der Waals surface area contributed by atoms with Crippen molar-refractivity contribution in [2.75, 3.05) is 32.1 Å². The molecule has 4 aromatic carbocycles. The number of amides is 2. The van der Waals surface area contributed by atoms with Gasteiger partial charge >= 0.3 is 6.09 Å². The van der Waals surface area contributed by atoms with Crippen molar-refractivity contribution in [3.63, 3.8) is 0 Å². The number of para-hydroxylation sites is 1. The summed E-state index contributed by atoms with van der Waals surface area (Å²) in [7, 11) is 1.28. The third-order valence-corrected chi connectivity index (χ3v) is 7.78. The Balaban J connectivity index is 1.27. The molecule has 1 aliphatic rings. The zero-order valence-electron chi connectivity index (χ0n) is 25.2. The van der Waals surface area contributed by atoms with E-state index in [9.17, 15) is 14.0 Å². The SMILES string of the molecule is COC(=O)NC(C(=O)Nc1ccccc1CC[C@@H]1CNC[C@@H](COc2ccc(F)cc2)O1)C(c1ccccc1)c1ccccc1. The molecule has 1 heterocycles. The number of morpholine rings is 1. The van der Waals surface area contributed by atoms with Crippen LogP contribution in [-0.2, 0) is 20.7 Å². The van der Waals surface area contributed by atoms with Gasteiger partial charge in [0.25, 0.3) is 0 Å². The molecular formula is C36H38FN3O5. The van der Waals surface area contributed by atoms with Gasteiger partial charge < -0.3 is 30.2 Å². The highest BCUT2D eigenvalue weighted by Crippen LogP contribution is 2.30. The van der Waals surface area contributed by atoms with Gasteiger partial charge in [-0.3, -0.25) is 4.79 Å². The lowest BCUT2D eigenvalue weighted by molar-refractivity contribution is -0.118. The highest BCUT2D eigenvalue weighted by atomic mass is 19.1. The van der Waals surface area contributed by atoms with Crippen LogP contribution >= 0.6 is 0 Å². The molecular weight excluding hydrogens is 573 g/mol. The van der Waals surface area contributed by atoms with E-state index in [0.717, 1.165) is 16.7 Å². The number of halogens is 1. The first-order valence-corrected chi connectivity index (χ1v) is 15.1. The minimum atomic E-state index is -0.956. The molecule has 8 nitrogen and oxygen atoms in total. The molecule has 1 saturated heterocycles. The van der Waals surface area contributed by atoms with Gasteiger partial charge in [0.15, 0.2) is 0 Å². The Morgan fingerprint density at radius 2 is 1.49 bits per heavy atom. The number of methoxy groups -OCH3 is 1. The van der Waals surface area contributed by atoms with E-state index in [4.69, 9.17) is 14.2 Å². The first-order chi connectivity index (χ1) is 22.0. The van der Waals surface area contributed by atoms with Crippen molar-refractivity contribution >= 4 is 17.7 Å². The molecule has 45 heavy (non-hydrogen) atoms. The molecule has 3 N–H and O–H groups in total. The summed E-state index contributed by atoms with van der Waals surface area (Å²) in [5.41, 5.74) is 3.38. The lowest BCUT2D eigenvalue weighted by Crippen LogP contribution is -2.48. The number of hydrogen-bond acceptors (Lipinski definition) is 6. The van der Waals surface area contributed by atoms with Crippen LogP contribution in [-0.4, -0.2) is 57.1 Å². The topological polar surface area (TPSA) is 97.9 Å². The first-order valence-electron chi connectivity index (χ1n) is 15.1. The van der Waals surface area contributed by atoms with Gasteiger partial charge in [-0.05, 0) is 59.9 Å². The molecule has 3 atom stereocenters. The van der Waals surface area contributed by atoms with Gasteiger partial charge in [0.05, 0.1) is 13.2 Å². The molecule has 5 rings (SSSR count). The van der Waals surface area contributed by atoms with Crippen molar-refractivity contribution in [3.8, 4) is 5.75 Å². The molecule has 4 aromatic rings. The van der Waals surface area contributed by atoms with Crippen molar-refractivity contribution in [1.82, 2.24) is 10.6 Å². The van der Waals surface area contributed by atoms with Gasteiger partial charge in [-0.1, -0.05) is 78.9 Å². The average Bonchev–Trinajstić information content (AvgIpc) is 3.08. The van der Waals surface area contributed by atoms with E-state index in [2.05, 4.69) is 16.0 Å². The largest absolute Gasteiger partial charge is 0.491 e. The first kappa shape index (κ1) is 31.7. The molecule has 0 aliphatic carbocycles. The fourth-order valence-corrected chi connectivity index (χ4v) is 5.53. The van der Waals surface area contributed by atoms with E-state index in [1.165, 1.54) is 19.2 Å². The van der Waals surface area contributed by atoms with E-state index in [1.807, 2.05) is 84.9 Å². The molecule has 234 valence electrons. The zero-order chi connectivity index (χ0) is 31.4. The van der Waals surface area contributed by atoms with E-state index in [1.54, 1.807) is 12.1 Å². The fourth-order valence-electron chi connectivity index (χ4n) is 5.53. The summed E-state index contributed by atoms with van der Waals surface area (Å²) < 4.78 is 30.2. The third-order valence-electron chi connectivity index (χ3n) is 7.78. The average molecular weight is 612 g/mol. The number of alkyl carbamates (subject to hydrolysis) is 1. The molecule has 1 fully saturated rings. The lowest BCUT2D eigenvalue weighted by atomic mass is 9.84. The number of nitrogens with one attached hydrogen (secondary N) is 3. The molecule has 0 radical (unpaired) electrons. The van der Waals surface area contributed by atoms with Gasteiger partial charge in [-0.2, -0.15) is 0 Å². The summed E-state index contributed by atoms with van der Waals surface area (Å²) in [4.78, 5) is 26.5. The van der Waals surface area contributed by atoms with Gasteiger partial charge in [-0.25, -0.2) is 9.18 Å². The smallest absolute Gasteiger partial charge is 0.407 e. The number of carbonyl (C=O) groups is 2. The van der Waals surface area contributed by atoms with Crippen molar-refractivity contribution < 1.29 is 28.2 Å². The Bertz CT molecular complexity index is 1480. The summed E-state index contributed by atoms with van der Waals surface area (Å²) in [6.07, 6.45) is 0.470. The minimum absolute atomic E-state index is 0.0568. The number of rotatable bonds is 12. The van der Waals surface area contributed by atoms with Crippen molar-refractivity contribution in [1.29, 1.82) is 0 Å². The Hall–Kier alpha value is -4.73. The minimum Gasteiger partial charge on any atom is -0.491 e. The van der Waals surface area contributed by atoms with Crippen LogP contribution in [0.25, 0.3) is 0 Å². The van der Waals surface area contributed by atoms with Crippen LogP contribution in [0.15, 0.2) is 109 Å². The number of ether oxygens (including phenoxy) is 3. The van der Waals surface area contributed by atoms with E-state index in [0.29, 0.717) is 44.0 Å². The number of anilines is 1. The van der Waals surface area contributed by atoms with Gasteiger partial charge in [0.2, 0.25) is 5.91 Å². The summed E-state index contributed by atoms with van der Waals surface area (Å²) in [5, 5.41) is 9.28. The second-order valence-electron chi connectivity index (χ2n) is 10.9. The van der Waals surface area contributed by atoms with Crippen LogP contribution < -0.4 is 20.7 Å². The van der Waals surface area contributed by atoms with Crippen LogP contribution in [0.3, 0.4) is 0 Å². The molecule has 0 bridgehead atoms. The Kier molecular flexibility index (Phi) is 11.1. The second kappa shape index (κ2) is 15.8. The van der Waals surface area contributed by atoms with E-state index >= 15 is 0 Å². The number of carbonyl (C=O) groups excluding carboxylic acids is 2. The maximum atomic E-state index is 14.0. The molecule has 1 aliphatic heterocycles. The molecule has 1 unspecified atom stereocenters. The molecule has 0 saturated carbocycles. The maximum absolute atomic E-state index is 14.0. The van der Waals surface area contributed by atoms with Crippen molar-refractivity contribution in [3.05, 3.63) is 132 Å². The highest BCUT2D eigenvalue weighted by molar-refractivity contribution is 5.98. The predicted octanol–water partition coefficient (Wildman–Crippen LogP) is 5.69. The maximum Gasteiger partial charge on any atom is 0.407 e. The van der Waals surface area contributed by atoms with Crippen molar-refractivity contribution in [2.24, 2.45) is 0 Å². The van der Waals surface area contributed by atoms with Gasteiger partial charge in [-0.15, -0.1) is 0 Å². The van der Waals surface area contributed by atoms with Gasteiger partial charge in [0, 0.05) is 24.7 Å². The normalized spacial score (nSPS) is 16.9. The number of benzene rings is 4. The lowest BCUT2D eigenvalue weighted by Gasteiger charge is -2.31. The number of aryl methyl sites for hydroxylation is 1. The molecule has 0 aromatic heterocycles. The second-order valence-corrected chi connectivity index (χ2v) is 10.9. The summed E-state index contributed by atoms with van der Waals surface area (Å²) in [5.74, 6) is -0.543. The van der Waals surface area contributed by atoms with Crippen LogP contribution in [0.5, 0.6) is 5.75 Å². The Morgan fingerprint density at radius 3 is 2.16 bits per heavy atom. The summed E-state index contributed by atoms with van der Waals surface area (Å²) in [6, 6.07) is 31.9. The summed E-state index contributed by atoms with van der Waals surface area (Å²) in [6.45, 7) is 1.70. The summed E-state index contributed by atoms with van der Waals surface area (Å²) >= 11 is 0. The zero-order valence-corrected chi connectivity index (χ0v) is 25.2. The third kappa shape index (κ3) is 8.90.